The summed E-state index contributed by atoms with van der Waals surface area (Å²) in [5.41, 5.74) is 1.18. The summed E-state index contributed by atoms with van der Waals surface area (Å²) >= 11 is 0. The van der Waals surface area contributed by atoms with E-state index in [2.05, 4.69) is 0 Å². The fraction of sp³-hybridized carbons (Fsp3) is 0.400. The average molecular weight is 164 g/mol. The Kier molecular flexibility index (Phi) is 2.00. The van der Waals surface area contributed by atoms with Gasteiger partial charge in [0.15, 0.2) is 0 Å². The molecule has 0 bridgehead atoms. The van der Waals surface area contributed by atoms with Crippen LogP contribution in [0.5, 0.6) is 5.75 Å². The molecule has 0 saturated carbocycles. The Morgan fingerprint density at radius 1 is 1.50 bits per heavy atom. The Morgan fingerprint density at radius 3 is 2.92 bits per heavy atom. The van der Waals surface area contributed by atoms with E-state index < -0.39 is 0 Å². The molecule has 64 valence electrons. The van der Waals surface area contributed by atoms with Crippen LogP contribution in [-0.4, -0.2) is 19.3 Å². The highest BCUT2D eigenvalue weighted by molar-refractivity contribution is 5.31. The second-order valence-corrected chi connectivity index (χ2v) is 3.03. The second-order valence-electron chi connectivity index (χ2n) is 3.03. The molecule has 0 aromatic heterocycles. The first kappa shape index (κ1) is 7.62. The Bertz CT molecular complexity index is 266. The maximum absolute atomic E-state index is 5.54. The Balaban J connectivity index is 1.96. The number of benzene rings is 1. The Labute approximate surface area is 72.1 Å². The van der Waals surface area contributed by atoms with Crippen LogP contribution in [0.15, 0.2) is 24.3 Å². The molecule has 1 saturated heterocycles. The van der Waals surface area contributed by atoms with Crippen LogP contribution in [0.4, 0.5) is 0 Å². The first-order valence-corrected chi connectivity index (χ1v) is 4.16. The summed E-state index contributed by atoms with van der Waals surface area (Å²) in [5, 5.41) is 0. The summed E-state index contributed by atoms with van der Waals surface area (Å²) < 4.78 is 10.6. The lowest BCUT2D eigenvalue weighted by Crippen LogP contribution is -2.04. The van der Waals surface area contributed by atoms with Gasteiger partial charge in [0.25, 0.3) is 0 Å². The van der Waals surface area contributed by atoms with Crippen molar-refractivity contribution in [3.05, 3.63) is 29.8 Å². The molecule has 1 atom stereocenters. The Hall–Kier alpha value is -1.02. The third-order valence-electron chi connectivity index (χ3n) is 1.92. The van der Waals surface area contributed by atoms with Gasteiger partial charge in [-0.1, -0.05) is 18.2 Å². The molecule has 0 spiro atoms. The van der Waals surface area contributed by atoms with Gasteiger partial charge in [-0.05, 0) is 18.6 Å². The molecule has 2 rings (SSSR count). The van der Waals surface area contributed by atoms with Crippen molar-refractivity contribution in [3.8, 4) is 5.75 Å². The molecule has 1 aromatic carbocycles. The zero-order valence-corrected chi connectivity index (χ0v) is 7.12. The summed E-state index contributed by atoms with van der Waals surface area (Å²) in [7, 11) is 0. The van der Waals surface area contributed by atoms with Gasteiger partial charge in [-0.15, -0.1) is 0 Å². The minimum Gasteiger partial charge on any atom is -0.491 e. The van der Waals surface area contributed by atoms with Gasteiger partial charge in [0, 0.05) is 0 Å². The van der Waals surface area contributed by atoms with E-state index in [1.165, 1.54) is 5.56 Å². The zero-order chi connectivity index (χ0) is 8.39. The van der Waals surface area contributed by atoms with Crippen LogP contribution in [0.2, 0.25) is 0 Å². The Morgan fingerprint density at radius 2 is 2.25 bits per heavy atom. The molecule has 1 aliphatic rings. The van der Waals surface area contributed by atoms with E-state index in [9.17, 15) is 0 Å². The van der Waals surface area contributed by atoms with Gasteiger partial charge in [-0.2, -0.15) is 0 Å². The summed E-state index contributed by atoms with van der Waals surface area (Å²) in [4.78, 5) is 0. The molecular formula is C10H12O2. The van der Waals surface area contributed by atoms with Crippen molar-refractivity contribution in [2.75, 3.05) is 13.2 Å². The maximum Gasteiger partial charge on any atom is 0.122 e. The SMILES string of the molecule is Cc1ccccc1OC[C@@H]1CO1. The predicted octanol–water partition coefficient (Wildman–Crippen LogP) is 1.77. The standard InChI is InChI=1S/C10H12O2/c1-8-4-2-3-5-10(8)12-7-9-6-11-9/h2-5,9H,6-7H2,1H3/t9-/m0/s1. The van der Waals surface area contributed by atoms with Gasteiger partial charge in [0.1, 0.15) is 18.5 Å². The van der Waals surface area contributed by atoms with Gasteiger partial charge < -0.3 is 9.47 Å². The molecule has 1 fully saturated rings. The fourth-order valence-corrected chi connectivity index (χ4v) is 1.07. The molecule has 0 N–H and O–H groups in total. The fourth-order valence-electron chi connectivity index (χ4n) is 1.07. The molecule has 0 radical (unpaired) electrons. The molecule has 1 heterocycles. The van der Waals surface area contributed by atoms with E-state index in [-0.39, 0.29) is 0 Å². The van der Waals surface area contributed by atoms with Crippen LogP contribution in [0.3, 0.4) is 0 Å². The largest absolute Gasteiger partial charge is 0.491 e. The number of epoxide rings is 1. The third kappa shape index (κ3) is 1.77. The number of para-hydroxylation sites is 1. The molecule has 12 heavy (non-hydrogen) atoms. The van der Waals surface area contributed by atoms with Crippen LogP contribution in [-0.2, 0) is 4.74 Å². The van der Waals surface area contributed by atoms with Crippen molar-refractivity contribution in [3.63, 3.8) is 0 Å². The zero-order valence-electron chi connectivity index (χ0n) is 7.12. The van der Waals surface area contributed by atoms with Crippen molar-refractivity contribution in [2.24, 2.45) is 0 Å². The van der Waals surface area contributed by atoms with E-state index in [0.29, 0.717) is 12.7 Å². The molecule has 1 aliphatic heterocycles. The summed E-state index contributed by atoms with van der Waals surface area (Å²) in [5.74, 6) is 0.966. The van der Waals surface area contributed by atoms with Crippen molar-refractivity contribution in [2.45, 2.75) is 13.0 Å². The van der Waals surface area contributed by atoms with E-state index in [1.54, 1.807) is 0 Å². The minimum absolute atomic E-state index is 0.338. The lowest BCUT2D eigenvalue weighted by atomic mass is 10.2. The van der Waals surface area contributed by atoms with E-state index in [1.807, 2.05) is 31.2 Å². The molecule has 2 heteroatoms. The maximum atomic E-state index is 5.54. The predicted molar refractivity (Wildman–Crippen MR) is 46.4 cm³/mol. The number of hydrogen-bond donors (Lipinski definition) is 0. The van der Waals surface area contributed by atoms with Crippen molar-refractivity contribution < 1.29 is 9.47 Å². The highest BCUT2D eigenvalue weighted by Crippen LogP contribution is 2.18. The smallest absolute Gasteiger partial charge is 0.122 e. The van der Waals surface area contributed by atoms with Crippen LogP contribution >= 0.6 is 0 Å². The highest BCUT2D eigenvalue weighted by Gasteiger charge is 2.23. The topological polar surface area (TPSA) is 21.8 Å². The van der Waals surface area contributed by atoms with E-state index in [0.717, 1.165) is 12.4 Å². The number of rotatable bonds is 3. The number of aryl methyl sites for hydroxylation is 1. The van der Waals surface area contributed by atoms with Gasteiger partial charge in [0.05, 0.1) is 6.61 Å². The summed E-state index contributed by atoms with van der Waals surface area (Å²) in [6, 6.07) is 8.02. The van der Waals surface area contributed by atoms with Gasteiger partial charge >= 0.3 is 0 Å². The lowest BCUT2D eigenvalue weighted by Gasteiger charge is -2.06. The van der Waals surface area contributed by atoms with Gasteiger partial charge in [-0.3, -0.25) is 0 Å². The highest BCUT2D eigenvalue weighted by atomic mass is 16.6. The quantitative estimate of drug-likeness (QED) is 0.635. The summed E-state index contributed by atoms with van der Waals surface area (Å²) in [6.45, 7) is 3.58. The lowest BCUT2D eigenvalue weighted by molar-refractivity contribution is 0.262. The summed E-state index contributed by atoms with van der Waals surface area (Å²) in [6.07, 6.45) is 0.338. The molecule has 0 amide bonds. The van der Waals surface area contributed by atoms with Gasteiger partial charge in [-0.25, -0.2) is 0 Å². The second kappa shape index (κ2) is 3.15. The van der Waals surface area contributed by atoms with Crippen LogP contribution in [0.25, 0.3) is 0 Å². The molecule has 0 aliphatic carbocycles. The van der Waals surface area contributed by atoms with E-state index >= 15 is 0 Å². The van der Waals surface area contributed by atoms with Crippen molar-refractivity contribution >= 4 is 0 Å². The normalized spacial score (nSPS) is 20.6. The van der Waals surface area contributed by atoms with Crippen LogP contribution < -0.4 is 4.74 Å². The van der Waals surface area contributed by atoms with Gasteiger partial charge in [0.2, 0.25) is 0 Å². The van der Waals surface area contributed by atoms with Crippen molar-refractivity contribution in [1.29, 1.82) is 0 Å². The molecule has 0 unspecified atom stereocenters. The van der Waals surface area contributed by atoms with Crippen LogP contribution in [0, 0.1) is 6.92 Å². The first-order chi connectivity index (χ1) is 5.86. The number of hydrogen-bond acceptors (Lipinski definition) is 2. The molecule has 2 nitrogen and oxygen atoms in total. The monoisotopic (exact) mass is 164 g/mol. The third-order valence-corrected chi connectivity index (χ3v) is 1.92. The minimum atomic E-state index is 0.338. The molecule has 1 aromatic rings. The molecular weight excluding hydrogens is 152 g/mol. The van der Waals surface area contributed by atoms with Crippen LogP contribution in [0.1, 0.15) is 5.56 Å². The van der Waals surface area contributed by atoms with Crippen molar-refractivity contribution in [1.82, 2.24) is 0 Å². The average Bonchev–Trinajstić information content (AvgIpc) is 2.86. The first-order valence-electron chi connectivity index (χ1n) is 4.16. The van der Waals surface area contributed by atoms with E-state index in [4.69, 9.17) is 9.47 Å². The number of ether oxygens (including phenoxy) is 2.